The van der Waals surface area contributed by atoms with Crippen LogP contribution in [0.2, 0.25) is 5.02 Å². The Morgan fingerprint density at radius 1 is 1.33 bits per heavy atom. The van der Waals surface area contributed by atoms with Crippen molar-refractivity contribution in [3.8, 4) is 0 Å². The van der Waals surface area contributed by atoms with Crippen LogP contribution in [-0.2, 0) is 6.18 Å². The highest BCUT2D eigenvalue weighted by Crippen LogP contribution is 2.35. The second-order valence-electron chi connectivity index (χ2n) is 5.21. The van der Waals surface area contributed by atoms with E-state index in [9.17, 15) is 18.0 Å². The number of carbonyl (C=O) groups is 1. The third kappa shape index (κ3) is 4.89. The van der Waals surface area contributed by atoms with E-state index in [2.05, 4.69) is 15.0 Å². The van der Waals surface area contributed by atoms with Crippen molar-refractivity contribution in [2.75, 3.05) is 5.73 Å². The van der Waals surface area contributed by atoms with E-state index in [4.69, 9.17) is 17.3 Å². The molecule has 1 heterocycles. The number of hydrogen-bond acceptors (Lipinski definition) is 4. The van der Waals surface area contributed by atoms with Gasteiger partial charge in [-0.05, 0) is 37.5 Å². The van der Waals surface area contributed by atoms with E-state index in [0.29, 0.717) is 5.88 Å². The molecule has 0 unspecified atom stereocenters. The summed E-state index contributed by atoms with van der Waals surface area (Å²) in [5, 5.41) is 5.61. The van der Waals surface area contributed by atoms with Crippen LogP contribution in [-0.4, -0.2) is 17.1 Å². The van der Waals surface area contributed by atoms with Crippen molar-refractivity contribution in [2.24, 2.45) is 0 Å². The van der Waals surface area contributed by atoms with E-state index in [-0.39, 0.29) is 17.5 Å². The van der Waals surface area contributed by atoms with Gasteiger partial charge in [0.2, 0.25) is 5.88 Å². The van der Waals surface area contributed by atoms with Gasteiger partial charge in [0, 0.05) is 17.7 Å². The molecule has 1 amide bonds. The van der Waals surface area contributed by atoms with E-state index < -0.39 is 16.8 Å². The number of rotatable bonds is 2. The van der Waals surface area contributed by atoms with E-state index in [1.807, 2.05) is 0 Å². The molecule has 2 aromatic rings. The summed E-state index contributed by atoms with van der Waals surface area (Å²) < 4.78 is 41.8. The van der Waals surface area contributed by atoms with Crippen LogP contribution in [0.3, 0.4) is 0 Å². The van der Waals surface area contributed by atoms with Gasteiger partial charge < -0.3 is 15.6 Å². The van der Waals surface area contributed by atoms with E-state index in [1.165, 1.54) is 6.20 Å². The number of alkyl halides is 3. The molecule has 0 saturated heterocycles. The summed E-state index contributed by atoms with van der Waals surface area (Å²) >= 11 is 5.54. The Balaban J connectivity index is 0.000000292. The number of nitrogen functional groups attached to an aromatic ring is 1. The van der Waals surface area contributed by atoms with Gasteiger partial charge in [-0.1, -0.05) is 16.8 Å². The Hall–Kier alpha value is -2.22. The summed E-state index contributed by atoms with van der Waals surface area (Å²) in [6, 6.07) is 4.75. The maximum absolute atomic E-state index is 12.5. The first-order valence-corrected chi connectivity index (χ1v) is 7.49. The average Bonchev–Trinajstić information content (AvgIpc) is 2.93. The Labute approximate surface area is 140 Å². The van der Waals surface area contributed by atoms with Crippen LogP contribution in [0.4, 0.5) is 19.1 Å². The maximum atomic E-state index is 12.5. The SMILES string of the molecule is Nc1ccno1.O=C(NC1CCC1)c1ccc(C(F)(F)F)c(Cl)c1. The maximum Gasteiger partial charge on any atom is 0.417 e. The number of anilines is 1. The highest BCUT2D eigenvalue weighted by Gasteiger charge is 2.33. The summed E-state index contributed by atoms with van der Waals surface area (Å²) in [5.41, 5.74) is 4.27. The zero-order valence-electron chi connectivity index (χ0n) is 12.4. The number of nitrogens with zero attached hydrogens (tertiary/aromatic N) is 1. The van der Waals surface area contributed by atoms with E-state index in [0.717, 1.165) is 37.5 Å². The number of aromatic nitrogens is 1. The molecule has 1 aromatic carbocycles. The lowest BCUT2D eigenvalue weighted by atomic mass is 9.93. The van der Waals surface area contributed by atoms with Gasteiger partial charge in [-0.3, -0.25) is 4.79 Å². The van der Waals surface area contributed by atoms with Crippen molar-refractivity contribution in [3.05, 3.63) is 46.6 Å². The van der Waals surface area contributed by atoms with Crippen LogP contribution >= 0.6 is 11.6 Å². The van der Waals surface area contributed by atoms with Crippen LogP contribution in [0.1, 0.15) is 35.2 Å². The number of hydrogen-bond donors (Lipinski definition) is 2. The predicted molar refractivity (Wildman–Crippen MR) is 82.5 cm³/mol. The fraction of sp³-hybridized carbons (Fsp3) is 0.333. The fourth-order valence-corrected chi connectivity index (χ4v) is 2.22. The molecular formula is C15H15ClF3N3O2. The third-order valence-electron chi connectivity index (χ3n) is 3.43. The standard InChI is InChI=1S/C12H11ClF3NO.C3H4N2O/c13-10-6-7(4-5-9(10)12(14,15)16)11(18)17-8-2-1-3-8;4-3-1-2-5-6-3/h4-6,8H,1-3H2,(H,17,18);1-2H,4H2. The lowest BCUT2D eigenvalue weighted by Gasteiger charge is -2.26. The molecule has 24 heavy (non-hydrogen) atoms. The van der Waals surface area contributed by atoms with Gasteiger partial charge in [0.15, 0.2) is 0 Å². The van der Waals surface area contributed by atoms with Gasteiger partial charge in [-0.2, -0.15) is 13.2 Å². The Kier molecular flexibility index (Phi) is 5.71. The van der Waals surface area contributed by atoms with E-state index >= 15 is 0 Å². The summed E-state index contributed by atoms with van der Waals surface area (Å²) in [6.45, 7) is 0. The molecular weight excluding hydrogens is 347 g/mol. The number of halogens is 4. The molecule has 9 heteroatoms. The number of nitrogens with two attached hydrogens (primary N) is 1. The molecule has 1 aliphatic carbocycles. The van der Waals surface area contributed by atoms with Crippen molar-refractivity contribution in [1.29, 1.82) is 0 Å². The summed E-state index contributed by atoms with van der Waals surface area (Å²) in [7, 11) is 0. The average molecular weight is 362 g/mol. The van der Waals surface area contributed by atoms with Gasteiger partial charge in [-0.15, -0.1) is 0 Å². The number of nitrogens with one attached hydrogen (secondary N) is 1. The van der Waals surface area contributed by atoms with Crippen molar-refractivity contribution < 1.29 is 22.5 Å². The van der Waals surface area contributed by atoms with Crippen molar-refractivity contribution in [2.45, 2.75) is 31.5 Å². The summed E-state index contributed by atoms with van der Waals surface area (Å²) in [6.07, 6.45) is -0.103. The molecule has 0 aliphatic heterocycles. The normalized spacial score (nSPS) is 14.3. The second-order valence-corrected chi connectivity index (χ2v) is 5.62. The van der Waals surface area contributed by atoms with Crippen molar-refractivity contribution in [1.82, 2.24) is 10.5 Å². The molecule has 5 nitrogen and oxygen atoms in total. The van der Waals surface area contributed by atoms with Gasteiger partial charge in [0.05, 0.1) is 16.8 Å². The van der Waals surface area contributed by atoms with Crippen LogP contribution in [0.5, 0.6) is 0 Å². The molecule has 1 saturated carbocycles. The highest BCUT2D eigenvalue weighted by atomic mass is 35.5. The smallest absolute Gasteiger partial charge is 0.368 e. The quantitative estimate of drug-likeness (QED) is 0.850. The zero-order chi connectivity index (χ0) is 17.7. The van der Waals surface area contributed by atoms with E-state index in [1.54, 1.807) is 6.07 Å². The topological polar surface area (TPSA) is 81.2 Å². The predicted octanol–water partition coefficient (Wildman–Crippen LogP) is 3.90. The molecule has 0 radical (unpaired) electrons. The number of benzene rings is 1. The van der Waals surface area contributed by atoms with Crippen LogP contribution in [0, 0.1) is 0 Å². The molecule has 3 rings (SSSR count). The Morgan fingerprint density at radius 3 is 2.42 bits per heavy atom. The minimum Gasteiger partial charge on any atom is -0.368 e. The number of carbonyl (C=O) groups excluding carboxylic acids is 1. The molecule has 0 bridgehead atoms. The van der Waals surface area contributed by atoms with Crippen LogP contribution in [0.15, 0.2) is 35.0 Å². The first kappa shape index (κ1) is 18.1. The molecule has 1 aromatic heterocycles. The third-order valence-corrected chi connectivity index (χ3v) is 3.75. The minimum atomic E-state index is -4.50. The first-order chi connectivity index (χ1) is 11.3. The molecule has 1 fully saturated rings. The highest BCUT2D eigenvalue weighted by molar-refractivity contribution is 6.31. The zero-order valence-corrected chi connectivity index (χ0v) is 13.2. The largest absolute Gasteiger partial charge is 0.417 e. The molecule has 130 valence electrons. The Bertz CT molecular complexity index is 686. The van der Waals surface area contributed by atoms with Crippen LogP contribution < -0.4 is 11.1 Å². The van der Waals surface area contributed by atoms with Gasteiger partial charge >= 0.3 is 6.18 Å². The van der Waals surface area contributed by atoms with Gasteiger partial charge in [-0.25, -0.2) is 0 Å². The van der Waals surface area contributed by atoms with Crippen LogP contribution in [0.25, 0.3) is 0 Å². The van der Waals surface area contributed by atoms with Crippen molar-refractivity contribution >= 4 is 23.4 Å². The Morgan fingerprint density at radius 2 is 2.04 bits per heavy atom. The van der Waals surface area contributed by atoms with Gasteiger partial charge in [0.25, 0.3) is 5.91 Å². The molecule has 1 aliphatic rings. The summed E-state index contributed by atoms with van der Waals surface area (Å²) in [4.78, 5) is 11.7. The lowest BCUT2D eigenvalue weighted by Crippen LogP contribution is -2.39. The summed E-state index contributed by atoms with van der Waals surface area (Å²) in [5.74, 6) is -0.0228. The minimum absolute atomic E-state index is 0.138. The van der Waals surface area contributed by atoms with Gasteiger partial charge in [0.1, 0.15) is 0 Å². The fourth-order valence-electron chi connectivity index (χ4n) is 1.93. The van der Waals surface area contributed by atoms with Crippen molar-refractivity contribution in [3.63, 3.8) is 0 Å². The number of amides is 1. The molecule has 0 spiro atoms. The molecule has 0 atom stereocenters. The lowest BCUT2D eigenvalue weighted by molar-refractivity contribution is -0.137. The second kappa shape index (κ2) is 7.57. The molecule has 3 N–H and O–H groups in total. The monoisotopic (exact) mass is 361 g/mol. The first-order valence-electron chi connectivity index (χ1n) is 7.11.